The summed E-state index contributed by atoms with van der Waals surface area (Å²) in [6.45, 7) is 9.11. The Bertz CT molecular complexity index is 778. The number of aryl methyl sites for hydroxylation is 1. The highest BCUT2D eigenvalue weighted by molar-refractivity contribution is 5.56. The SMILES string of the molecule is CC(C)c1ccc2c(c1)NC(CC(C)c1cccc3c1CCNC3)CC2. The molecule has 0 saturated carbocycles. The van der Waals surface area contributed by atoms with Gasteiger partial charge in [0.25, 0.3) is 0 Å². The van der Waals surface area contributed by atoms with Crippen LogP contribution in [0, 0.1) is 0 Å². The quantitative estimate of drug-likeness (QED) is 0.775. The summed E-state index contributed by atoms with van der Waals surface area (Å²) in [7, 11) is 0. The van der Waals surface area contributed by atoms with Crippen LogP contribution in [-0.4, -0.2) is 12.6 Å². The van der Waals surface area contributed by atoms with Crippen LogP contribution in [0.3, 0.4) is 0 Å². The average Bonchev–Trinajstić information content (AvgIpc) is 2.66. The Hall–Kier alpha value is -1.80. The zero-order valence-corrected chi connectivity index (χ0v) is 16.4. The molecule has 138 valence electrons. The Kier molecular flexibility index (Phi) is 5.04. The predicted molar refractivity (Wildman–Crippen MR) is 111 cm³/mol. The van der Waals surface area contributed by atoms with E-state index >= 15 is 0 Å². The fourth-order valence-electron chi connectivity index (χ4n) is 4.68. The van der Waals surface area contributed by atoms with Crippen LogP contribution in [0.2, 0.25) is 0 Å². The fraction of sp³-hybridized carbons (Fsp3) is 0.500. The van der Waals surface area contributed by atoms with Gasteiger partial charge in [-0.2, -0.15) is 0 Å². The average molecular weight is 349 g/mol. The second-order valence-corrected chi connectivity index (χ2v) is 8.50. The molecule has 2 aliphatic rings. The van der Waals surface area contributed by atoms with Crippen molar-refractivity contribution in [3.05, 3.63) is 64.2 Å². The van der Waals surface area contributed by atoms with E-state index in [1.807, 2.05) is 0 Å². The maximum absolute atomic E-state index is 3.86. The summed E-state index contributed by atoms with van der Waals surface area (Å²) in [6, 6.07) is 14.5. The molecule has 0 bridgehead atoms. The summed E-state index contributed by atoms with van der Waals surface area (Å²) in [5.41, 5.74) is 8.99. The minimum absolute atomic E-state index is 0.581. The van der Waals surface area contributed by atoms with E-state index < -0.39 is 0 Å². The Morgan fingerprint density at radius 3 is 2.77 bits per heavy atom. The van der Waals surface area contributed by atoms with Crippen LogP contribution in [0.25, 0.3) is 0 Å². The molecule has 2 N–H and O–H groups in total. The van der Waals surface area contributed by atoms with Gasteiger partial charge >= 0.3 is 0 Å². The first-order valence-electron chi connectivity index (χ1n) is 10.3. The van der Waals surface area contributed by atoms with Gasteiger partial charge in [-0.15, -0.1) is 0 Å². The minimum Gasteiger partial charge on any atom is -0.382 e. The third kappa shape index (κ3) is 3.53. The molecule has 0 aromatic heterocycles. The van der Waals surface area contributed by atoms with Crippen molar-refractivity contribution in [2.24, 2.45) is 0 Å². The molecule has 2 nitrogen and oxygen atoms in total. The molecule has 0 saturated heterocycles. The monoisotopic (exact) mass is 348 g/mol. The van der Waals surface area contributed by atoms with Gasteiger partial charge in [-0.1, -0.05) is 51.1 Å². The van der Waals surface area contributed by atoms with Gasteiger partial charge in [0.1, 0.15) is 0 Å². The Balaban J connectivity index is 1.49. The van der Waals surface area contributed by atoms with E-state index in [9.17, 15) is 0 Å². The highest BCUT2D eigenvalue weighted by Gasteiger charge is 2.23. The molecule has 2 unspecified atom stereocenters. The number of hydrogen-bond acceptors (Lipinski definition) is 2. The Labute approximate surface area is 158 Å². The summed E-state index contributed by atoms with van der Waals surface area (Å²) >= 11 is 0. The molecular formula is C24H32N2. The molecule has 2 heterocycles. The molecule has 2 heteroatoms. The lowest BCUT2D eigenvalue weighted by atomic mass is 9.83. The van der Waals surface area contributed by atoms with Gasteiger partial charge in [0, 0.05) is 18.3 Å². The van der Waals surface area contributed by atoms with E-state index in [1.54, 1.807) is 11.1 Å². The topological polar surface area (TPSA) is 24.1 Å². The molecule has 4 rings (SSSR count). The van der Waals surface area contributed by atoms with Crippen LogP contribution in [0.15, 0.2) is 36.4 Å². The van der Waals surface area contributed by atoms with E-state index in [2.05, 4.69) is 67.8 Å². The number of rotatable bonds is 4. The second-order valence-electron chi connectivity index (χ2n) is 8.50. The lowest BCUT2D eigenvalue weighted by Gasteiger charge is -2.31. The van der Waals surface area contributed by atoms with E-state index in [1.165, 1.54) is 48.1 Å². The number of fused-ring (bicyclic) bond motifs is 2. The van der Waals surface area contributed by atoms with Crippen LogP contribution in [-0.2, 0) is 19.4 Å². The van der Waals surface area contributed by atoms with Crippen LogP contribution < -0.4 is 10.6 Å². The third-order valence-corrected chi connectivity index (χ3v) is 6.27. The number of hydrogen-bond donors (Lipinski definition) is 2. The van der Waals surface area contributed by atoms with Crippen molar-refractivity contribution < 1.29 is 0 Å². The van der Waals surface area contributed by atoms with Crippen molar-refractivity contribution >= 4 is 5.69 Å². The molecule has 2 aromatic rings. The van der Waals surface area contributed by atoms with E-state index in [0.29, 0.717) is 17.9 Å². The smallest absolute Gasteiger partial charge is 0.0377 e. The summed E-state index contributed by atoms with van der Waals surface area (Å²) in [4.78, 5) is 0. The van der Waals surface area contributed by atoms with Crippen molar-refractivity contribution in [2.45, 2.75) is 70.9 Å². The first-order chi connectivity index (χ1) is 12.6. The first-order valence-corrected chi connectivity index (χ1v) is 10.3. The molecule has 2 aliphatic heterocycles. The maximum atomic E-state index is 3.86. The number of benzene rings is 2. The van der Waals surface area contributed by atoms with Gasteiger partial charge < -0.3 is 10.6 Å². The number of anilines is 1. The molecule has 0 fully saturated rings. The van der Waals surface area contributed by atoms with Crippen LogP contribution in [0.5, 0.6) is 0 Å². The number of nitrogens with one attached hydrogen (secondary N) is 2. The van der Waals surface area contributed by atoms with Crippen molar-refractivity contribution in [1.29, 1.82) is 0 Å². The third-order valence-electron chi connectivity index (χ3n) is 6.27. The van der Waals surface area contributed by atoms with Gasteiger partial charge in [0.2, 0.25) is 0 Å². The normalized spacial score (nSPS) is 20.2. The van der Waals surface area contributed by atoms with Crippen molar-refractivity contribution in [3.63, 3.8) is 0 Å². The lowest BCUT2D eigenvalue weighted by Crippen LogP contribution is -2.28. The highest BCUT2D eigenvalue weighted by atomic mass is 14.9. The highest BCUT2D eigenvalue weighted by Crippen LogP contribution is 2.34. The zero-order chi connectivity index (χ0) is 18.1. The fourth-order valence-corrected chi connectivity index (χ4v) is 4.68. The largest absolute Gasteiger partial charge is 0.382 e. The van der Waals surface area contributed by atoms with Crippen molar-refractivity contribution in [1.82, 2.24) is 5.32 Å². The lowest BCUT2D eigenvalue weighted by molar-refractivity contribution is 0.530. The first kappa shape index (κ1) is 17.6. The maximum Gasteiger partial charge on any atom is 0.0377 e. The molecule has 0 aliphatic carbocycles. The molecule has 26 heavy (non-hydrogen) atoms. The van der Waals surface area contributed by atoms with Crippen LogP contribution in [0.1, 0.15) is 73.3 Å². The van der Waals surface area contributed by atoms with Gasteiger partial charge in [-0.25, -0.2) is 0 Å². The second kappa shape index (κ2) is 7.44. The summed E-state index contributed by atoms with van der Waals surface area (Å²) in [5.74, 6) is 1.20. The van der Waals surface area contributed by atoms with Gasteiger partial charge in [0.15, 0.2) is 0 Å². The Morgan fingerprint density at radius 2 is 1.92 bits per heavy atom. The van der Waals surface area contributed by atoms with Gasteiger partial charge in [-0.05, 0) is 77.9 Å². The molecular weight excluding hydrogens is 316 g/mol. The molecule has 0 spiro atoms. The standard InChI is InChI=1S/C24H32N2/c1-16(2)19-8-7-18-9-10-21(26-24(18)14-19)13-17(3)22-6-4-5-20-15-25-12-11-23(20)22/h4-8,14,16-17,21,25-26H,9-13,15H2,1-3H3. The van der Waals surface area contributed by atoms with Crippen molar-refractivity contribution in [2.75, 3.05) is 11.9 Å². The van der Waals surface area contributed by atoms with E-state index in [-0.39, 0.29) is 0 Å². The summed E-state index contributed by atoms with van der Waals surface area (Å²) in [5, 5.41) is 7.36. The molecule has 0 amide bonds. The zero-order valence-electron chi connectivity index (χ0n) is 16.4. The van der Waals surface area contributed by atoms with Crippen molar-refractivity contribution in [3.8, 4) is 0 Å². The molecule has 2 aromatic carbocycles. The van der Waals surface area contributed by atoms with Gasteiger partial charge in [0.05, 0.1) is 0 Å². The van der Waals surface area contributed by atoms with Crippen LogP contribution in [0.4, 0.5) is 5.69 Å². The molecule has 0 radical (unpaired) electrons. The minimum atomic E-state index is 0.581. The van der Waals surface area contributed by atoms with Crippen LogP contribution >= 0.6 is 0 Å². The predicted octanol–water partition coefficient (Wildman–Crippen LogP) is 5.38. The molecule has 2 atom stereocenters. The summed E-state index contributed by atoms with van der Waals surface area (Å²) < 4.78 is 0. The van der Waals surface area contributed by atoms with E-state index in [4.69, 9.17) is 0 Å². The van der Waals surface area contributed by atoms with Gasteiger partial charge in [-0.3, -0.25) is 0 Å². The van der Waals surface area contributed by atoms with E-state index in [0.717, 1.165) is 13.1 Å². The summed E-state index contributed by atoms with van der Waals surface area (Å²) in [6.07, 6.45) is 4.84. The Morgan fingerprint density at radius 1 is 1.04 bits per heavy atom.